The summed E-state index contributed by atoms with van der Waals surface area (Å²) < 4.78 is 0.878. The number of aryl methyl sites for hydroxylation is 1. The normalized spacial score (nSPS) is 10.5. The van der Waals surface area contributed by atoms with Crippen LogP contribution in [0.15, 0.2) is 53.0 Å². The first-order chi connectivity index (χ1) is 11.1. The van der Waals surface area contributed by atoms with Crippen LogP contribution in [0, 0.1) is 6.92 Å². The number of hydrogen-bond acceptors (Lipinski definition) is 4. The van der Waals surface area contributed by atoms with Gasteiger partial charge in [-0.05, 0) is 36.4 Å². The maximum Gasteiger partial charge on any atom is 0.248 e. The highest BCUT2D eigenvalue weighted by Gasteiger charge is 2.11. The van der Waals surface area contributed by atoms with E-state index in [-0.39, 0.29) is 12.5 Å². The van der Waals surface area contributed by atoms with Gasteiger partial charge in [-0.2, -0.15) is 4.80 Å². The van der Waals surface area contributed by atoms with Crippen molar-refractivity contribution in [1.82, 2.24) is 20.2 Å². The fourth-order valence-corrected chi connectivity index (χ4v) is 2.49. The van der Waals surface area contributed by atoms with Gasteiger partial charge in [0.15, 0.2) is 0 Å². The van der Waals surface area contributed by atoms with Gasteiger partial charge >= 0.3 is 0 Å². The second-order valence-corrected chi connectivity index (χ2v) is 5.89. The van der Waals surface area contributed by atoms with Gasteiger partial charge < -0.3 is 5.32 Å². The Bertz CT molecular complexity index is 828. The number of aromatic nitrogens is 4. The summed E-state index contributed by atoms with van der Waals surface area (Å²) in [7, 11) is 0. The summed E-state index contributed by atoms with van der Waals surface area (Å²) in [6.45, 7) is 2.00. The van der Waals surface area contributed by atoms with Gasteiger partial charge in [0.1, 0.15) is 6.54 Å². The molecule has 0 saturated heterocycles. The zero-order chi connectivity index (χ0) is 16.2. The Morgan fingerprint density at radius 3 is 2.65 bits per heavy atom. The molecule has 116 valence electrons. The minimum absolute atomic E-state index is 0.00529. The first-order valence-corrected chi connectivity index (χ1v) is 7.80. The zero-order valence-corrected chi connectivity index (χ0v) is 14.0. The highest BCUT2D eigenvalue weighted by atomic mass is 79.9. The molecule has 0 atom stereocenters. The van der Waals surface area contributed by atoms with E-state index in [9.17, 15) is 4.79 Å². The number of rotatable bonds is 4. The van der Waals surface area contributed by atoms with E-state index in [1.165, 1.54) is 4.80 Å². The first kappa shape index (κ1) is 15.4. The van der Waals surface area contributed by atoms with Crippen molar-refractivity contribution in [3.63, 3.8) is 0 Å². The average Bonchev–Trinajstić information content (AvgIpc) is 2.98. The van der Waals surface area contributed by atoms with Crippen LogP contribution >= 0.6 is 15.9 Å². The smallest absolute Gasteiger partial charge is 0.248 e. The molecule has 1 N–H and O–H groups in total. The number of nitrogens with zero attached hydrogens (tertiary/aromatic N) is 4. The van der Waals surface area contributed by atoms with E-state index in [1.807, 2.05) is 55.5 Å². The Kier molecular flexibility index (Phi) is 4.47. The number of halogens is 1. The van der Waals surface area contributed by atoms with Crippen LogP contribution < -0.4 is 5.32 Å². The van der Waals surface area contributed by atoms with E-state index >= 15 is 0 Å². The molecule has 2 aromatic carbocycles. The van der Waals surface area contributed by atoms with E-state index in [0.29, 0.717) is 5.82 Å². The maximum atomic E-state index is 12.0. The van der Waals surface area contributed by atoms with Crippen LogP contribution in [0.4, 0.5) is 5.69 Å². The highest BCUT2D eigenvalue weighted by Crippen LogP contribution is 2.24. The predicted octanol–water partition coefficient (Wildman–Crippen LogP) is 3.05. The molecule has 0 bridgehead atoms. The number of anilines is 1. The molecule has 0 saturated carbocycles. The van der Waals surface area contributed by atoms with Gasteiger partial charge in [0.2, 0.25) is 11.7 Å². The second-order valence-electron chi connectivity index (χ2n) is 5.04. The quantitative estimate of drug-likeness (QED) is 0.764. The lowest BCUT2D eigenvalue weighted by molar-refractivity contribution is -0.117. The Morgan fingerprint density at radius 1 is 1.17 bits per heavy atom. The van der Waals surface area contributed by atoms with Crippen molar-refractivity contribution in [2.75, 3.05) is 5.32 Å². The molecule has 1 heterocycles. The maximum absolute atomic E-state index is 12.0. The molecule has 6 nitrogen and oxygen atoms in total. The third-order valence-electron chi connectivity index (χ3n) is 3.19. The van der Waals surface area contributed by atoms with Crippen molar-refractivity contribution in [2.24, 2.45) is 0 Å². The Hall–Kier alpha value is -2.54. The average molecular weight is 372 g/mol. The number of tetrazole rings is 1. The largest absolute Gasteiger partial charge is 0.324 e. The molecule has 1 aromatic heterocycles. The summed E-state index contributed by atoms with van der Waals surface area (Å²) in [6, 6.07) is 15.2. The van der Waals surface area contributed by atoms with Crippen molar-refractivity contribution in [3.05, 3.63) is 58.6 Å². The van der Waals surface area contributed by atoms with Crippen molar-refractivity contribution < 1.29 is 4.79 Å². The number of amides is 1. The molecule has 3 rings (SSSR count). The minimum Gasteiger partial charge on any atom is -0.324 e. The van der Waals surface area contributed by atoms with Gasteiger partial charge in [-0.25, -0.2) is 0 Å². The standard InChI is InChI=1S/C16H14BrN5O/c1-11-6-8-12(9-7-11)18-15(23)10-22-20-16(19-21-22)13-4-2-3-5-14(13)17/h2-9H,10H2,1H3,(H,18,23). The molecule has 0 unspecified atom stereocenters. The van der Waals surface area contributed by atoms with Gasteiger partial charge in [-0.3, -0.25) is 4.79 Å². The van der Waals surface area contributed by atoms with E-state index in [1.54, 1.807) is 0 Å². The number of nitrogens with one attached hydrogen (secondary N) is 1. The van der Waals surface area contributed by atoms with Gasteiger partial charge in [0.25, 0.3) is 0 Å². The Balaban J connectivity index is 1.68. The van der Waals surface area contributed by atoms with Crippen molar-refractivity contribution in [1.29, 1.82) is 0 Å². The monoisotopic (exact) mass is 371 g/mol. The molecule has 1 amide bonds. The SMILES string of the molecule is Cc1ccc(NC(=O)Cn2nnc(-c3ccccc3Br)n2)cc1. The summed E-state index contributed by atoms with van der Waals surface area (Å²) in [5.41, 5.74) is 2.71. The molecule has 0 radical (unpaired) electrons. The molecule has 0 spiro atoms. The molecule has 0 fully saturated rings. The lowest BCUT2D eigenvalue weighted by Gasteiger charge is -2.04. The summed E-state index contributed by atoms with van der Waals surface area (Å²) in [5.74, 6) is 0.269. The first-order valence-electron chi connectivity index (χ1n) is 7.01. The fraction of sp³-hybridized carbons (Fsp3) is 0.125. The van der Waals surface area contributed by atoms with E-state index in [0.717, 1.165) is 21.3 Å². The number of hydrogen-bond donors (Lipinski definition) is 1. The van der Waals surface area contributed by atoms with Crippen LogP contribution in [-0.2, 0) is 11.3 Å². The fourth-order valence-electron chi connectivity index (χ4n) is 2.03. The number of carbonyl (C=O) groups is 1. The van der Waals surface area contributed by atoms with Gasteiger partial charge in [-0.15, -0.1) is 10.2 Å². The molecule has 23 heavy (non-hydrogen) atoms. The van der Waals surface area contributed by atoms with Crippen LogP contribution in [0.2, 0.25) is 0 Å². The van der Waals surface area contributed by atoms with Crippen LogP contribution in [0.3, 0.4) is 0 Å². The van der Waals surface area contributed by atoms with E-state index in [4.69, 9.17) is 0 Å². The summed E-state index contributed by atoms with van der Waals surface area (Å²) in [4.78, 5) is 13.3. The molecular formula is C16H14BrN5O. The Labute approximate surface area is 141 Å². The third kappa shape index (κ3) is 3.81. The topological polar surface area (TPSA) is 72.7 Å². The summed E-state index contributed by atoms with van der Waals surface area (Å²) in [5, 5.41) is 15.0. The minimum atomic E-state index is -0.204. The van der Waals surface area contributed by atoms with Gasteiger partial charge in [0.05, 0.1) is 0 Å². The van der Waals surface area contributed by atoms with Gasteiger partial charge in [0, 0.05) is 15.7 Å². The van der Waals surface area contributed by atoms with E-state index < -0.39 is 0 Å². The van der Waals surface area contributed by atoms with E-state index in [2.05, 4.69) is 36.7 Å². The van der Waals surface area contributed by atoms with Crippen LogP contribution in [-0.4, -0.2) is 26.1 Å². The molecule has 7 heteroatoms. The molecule has 0 aliphatic carbocycles. The van der Waals surface area contributed by atoms with Crippen molar-refractivity contribution >= 4 is 27.5 Å². The number of benzene rings is 2. The van der Waals surface area contributed by atoms with Crippen LogP contribution in [0.25, 0.3) is 11.4 Å². The molecule has 0 aliphatic heterocycles. The zero-order valence-electron chi connectivity index (χ0n) is 12.4. The highest BCUT2D eigenvalue weighted by molar-refractivity contribution is 9.10. The summed E-state index contributed by atoms with van der Waals surface area (Å²) in [6.07, 6.45) is 0. The predicted molar refractivity (Wildman–Crippen MR) is 90.8 cm³/mol. The lowest BCUT2D eigenvalue weighted by atomic mass is 10.2. The third-order valence-corrected chi connectivity index (χ3v) is 3.88. The molecular weight excluding hydrogens is 358 g/mol. The Morgan fingerprint density at radius 2 is 1.91 bits per heavy atom. The summed E-state index contributed by atoms with van der Waals surface area (Å²) >= 11 is 3.45. The molecule has 0 aliphatic rings. The van der Waals surface area contributed by atoms with Crippen molar-refractivity contribution in [2.45, 2.75) is 13.5 Å². The lowest BCUT2D eigenvalue weighted by Crippen LogP contribution is -2.20. The number of carbonyl (C=O) groups excluding carboxylic acids is 1. The van der Waals surface area contributed by atoms with Crippen LogP contribution in [0.5, 0.6) is 0 Å². The second kappa shape index (κ2) is 6.70. The van der Waals surface area contributed by atoms with Crippen molar-refractivity contribution in [3.8, 4) is 11.4 Å². The van der Waals surface area contributed by atoms with Crippen LogP contribution in [0.1, 0.15) is 5.56 Å². The van der Waals surface area contributed by atoms with Gasteiger partial charge in [-0.1, -0.05) is 45.8 Å². The molecule has 3 aromatic rings.